The average molecular weight is 345 g/mol. The Kier molecular flexibility index (Phi) is 6.26. The molecular formula is C18H19NO4S. The molecule has 2 N–H and O–H groups in total. The van der Waals surface area contributed by atoms with Gasteiger partial charge >= 0.3 is 5.97 Å². The molecule has 1 amide bonds. The van der Waals surface area contributed by atoms with Crippen molar-refractivity contribution < 1.29 is 19.5 Å². The van der Waals surface area contributed by atoms with E-state index in [4.69, 9.17) is 5.11 Å². The van der Waals surface area contributed by atoms with E-state index in [1.54, 1.807) is 18.2 Å². The summed E-state index contributed by atoms with van der Waals surface area (Å²) in [5.41, 5.74) is 1.69. The summed E-state index contributed by atoms with van der Waals surface area (Å²) in [5, 5.41) is 13.6. The van der Waals surface area contributed by atoms with Gasteiger partial charge in [-0.15, -0.1) is 11.3 Å². The second kappa shape index (κ2) is 8.40. The van der Waals surface area contributed by atoms with Crippen LogP contribution in [0.3, 0.4) is 0 Å². The Labute approximate surface area is 144 Å². The molecule has 24 heavy (non-hydrogen) atoms. The first-order chi connectivity index (χ1) is 11.5. The van der Waals surface area contributed by atoms with Gasteiger partial charge in [-0.2, -0.15) is 0 Å². The first kappa shape index (κ1) is 17.9. The van der Waals surface area contributed by atoms with Crippen LogP contribution in [-0.2, 0) is 9.59 Å². The lowest BCUT2D eigenvalue weighted by molar-refractivity contribution is -0.137. The molecular weight excluding hydrogens is 326 g/mol. The number of carbonyl (C=O) groups is 3. The van der Waals surface area contributed by atoms with E-state index in [0.717, 1.165) is 11.1 Å². The topological polar surface area (TPSA) is 83.5 Å². The molecule has 126 valence electrons. The van der Waals surface area contributed by atoms with E-state index in [2.05, 4.69) is 5.32 Å². The van der Waals surface area contributed by atoms with Crippen LogP contribution in [0.5, 0.6) is 0 Å². The van der Waals surface area contributed by atoms with Gasteiger partial charge in [0.2, 0.25) is 5.91 Å². The summed E-state index contributed by atoms with van der Waals surface area (Å²) in [4.78, 5) is 35.8. The quantitative estimate of drug-likeness (QED) is 0.719. The molecule has 1 heterocycles. The zero-order valence-electron chi connectivity index (χ0n) is 13.3. The third-order valence-electron chi connectivity index (χ3n) is 3.65. The van der Waals surface area contributed by atoms with Crippen molar-refractivity contribution in [3.8, 4) is 0 Å². The molecule has 1 atom stereocenters. The maximum atomic E-state index is 12.1. The van der Waals surface area contributed by atoms with Gasteiger partial charge in [-0.1, -0.05) is 30.3 Å². The summed E-state index contributed by atoms with van der Waals surface area (Å²) in [6.45, 7) is 1.87. The Balaban J connectivity index is 1.98. The molecule has 0 spiro atoms. The smallest absolute Gasteiger partial charge is 0.305 e. The second-order valence-electron chi connectivity index (χ2n) is 5.48. The van der Waals surface area contributed by atoms with Gasteiger partial charge in [-0.3, -0.25) is 14.4 Å². The van der Waals surface area contributed by atoms with Crippen molar-refractivity contribution in [3.05, 3.63) is 57.8 Å². The fourth-order valence-electron chi connectivity index (χ4n) is 2.45. The molecule has 0 saturated heterocycles. The summed E-state index contributed by atoms with van der Waals surface area (Å²) < 4.78 is 0. The number of carboxylic acid groups (broad SMARTS) is 1. The maximum Gasteiger partial charge on any atom is 0.305 e. The number of aryl methyl sites for hydroxylation is 1. The molecule has 0 aliphatic carbocycles. The number of nitrogens with one attached hydrogen (secondary N) is 1. The first-order valence-corrected chi connectivity index (χ1v) is 8.48. The van der Waals surface area contributed by atoms with Gasteiger partial charge in [0.25, 0.3) is 0 Å². The van der Waals surface area contributed by atoms with E-state index in [9.17, 15) is 14.4 Å². The largest absolute Gasteiger partial charge is 0.481 e. The number of amides is 1. The average Bonchev–Trinajstić information content (AvgIpc) is 3.06. The van der Waals surface area contributed by atoms with Crippen molar-refractivity contribution in [3.63, 3.8) is 0 Å². The van der Waals surface area contributed by atoms with Crippen LogP contribution in [0, 0.1) is 6.92 Å². The number of Topliss-reactive ketones (excluding diaryl/α,β-unsaturated/α-hetero) is 1. The van der Waals surface area contributed by atoms with Crippen LogP contribution in [0.2, 0.25) is 0 Å². The number of benzene rings is 1. The molecule has 1 unspecified atom stereocenters. The van der Waals surface area contributed by atoms with E-state index < -0.39 is 12.0 Å². The molecule has 2 aromatic rings. The van der Waals surface area contributed by atoms with Crippen LogP contribution in [0.25, 0.3) is 0 Å². The highest BCUT2D eigenvalue weighted by Crippen LogP contribution is 2.21. The van der Waals surface area contributed by atoms with Crippen molar-refractivity contribution in [1.82, 2.24) is 5.32 Å². The number of rotatable bonds is 8. The van der Waals surface area contributed by atoms with Gasteiger partial charge in [0.1, 0.15) is 0 Å². The molecule has 0 radical (unpaired) electrons. The van der Waals surface area contributed by atoms with Crippen molar-refractivity contribution in [2.75, 3.05) is 0 Å². The number of hydrogen-bond donors (Lipinski definition) is 2. The van der Waals surface area contributed by atoms with Gasteiger partial charge in [-0.05, 0) is 29.5 Å². The van der Waals surface area contributed by atoms with E-state index in [1.807, 2.05) is 30.5 Å². The number of hydrogen-bond acceptors (Lipinski definition) is 4. The molecule has 1 aromatic carbocycles. The van der Waals surface area contributed by atoms with E-state index in [1.165, 1.54) is 11.3 Å². The Morgan fingerprint density at radius 2 is 1.88 bits per heavy atom. The fourth-order valence-corrected chi connectivity index (χ4v) is 3.14. The number of aliphatic carboxylic acids is 1. The van der Waals surface area contributed by atoms with Crippen molar-refractivity contribution >= 4 is 29.0 Å². The molecule has 0 aliphatic rings. The lowest BCUT2D eigenvalue weighted by Crippen LogP contribution is -2.30. The molecule has 6 heteroatoms. The molecule has 0 fully saturated rings. The summed E-state index contributed by atoms with van der Waals surface area (Å²) in [7, 11) is 0. The highest BCUT2D eigenvalue weighted by molar-refractivity contribution is 7.12. The Morgan fingerprint density at radius 3 is 2.50 bits per heavy atom. The zero-order chi connectivity index (χ0) is 17.5. The van der Waals surface area contributed by atoms with E-state index >= 15 is 0 Å². The van der Waals surface area contributed by atoms with Gasteiger partial charge in [0.05, 0.1) is 17.3 Å². The van der Waals surface area contributed by atoms with Gasteiger partial charge < -0.3 is 10.4 Å². The van der Waals surface area contributed by atoms with Crippen molar-refractivity contribution in [1.29, 1.82) is 0 Å². The molecule has 1 aromatic heterocycles. The highest BCUT2D eigenvalue weighted by atomic mass is 32.1. The Morgan fingerprint density at radius 1 is 1.12 bits per heavy atom. The molecule has 2 rings (SSSR count). The van der Waals surface area contributed by atoms with Crippen LogP contribution < -0.4 is 5.32 Å². The van der Waals surface area contributed by atoms with E-state index in [-0.39, 0.29) is 31.0 Å². The number of ketones is 1. The second-order valence-corrected chi connectivity index (χ2v) is 6.42. The van der Waals surface area contributed by atoms with Crippen LogP contribution in [0.15, 0.2) is 41.8 Å². The molecule has 0 saturated carbocycles. The third-order valence-corrected chi connectivity index (χ3v) is 4.56. The first-order valence-electron chi connectivity index (χ1n) is 7.60. The Hall–Kier alpha value is -2.47. The Bertz CT molecular complexity index is 724. The van der Waals surface area contributed by atoms with E-state index in [0.29, 0.717) is 4.88 Å². The summed E-state index contributed by atoms with van der Waals surface area (Å²) in [5.74, 6) is -1.39. The summed E-state index contributed by atoms with van der Waals surface area (Å²) in [6, 6.07) is 10.3. The van der Waals surface area contributed by atoms with Crippen LogP contribution in [-0.4, -0.2) is 22.8 Å². The van der Waals surface area contributed by atoms with Crippen LogP contribution >= 0.6 is 11.3 Å². The molecule has 0 bridgehead atoms. The predicted molar refractivity (Wildman–Crippen MR) is 92.2 cm³/mol. The van der Waals surface area contributed by atoms with Crippen LogP contribution in [0.1, 0.15) is 46.1 Å². The minimum absolute atomic E-state index is 0.0404. The minimum Gasteiger partial charge on any atom is -0.481 e. The van der Waals surface area contributed by atoms with Crippen LogP contribution in [0.4, 0.5) is 0 Å². The summed E-state index contributed by atoms with van der Waals surface area (Å²) >= 11 is 1.34. The SMILES string of the molecule is Cc1ccccc1C(CC(=O)O)NC(=O)CCC(=O)c1cccs1. The molecule has 0 aliphatic heterocycles. The monoisotopic (exact) mass is 345 g/mol. The number of thiophene rings is 1. The lowest BCUT2D eigenvalue weighted by Gasteiger charge is -2.19. The standard InChI is InChI=1S/C18H19NO4S/c1-12-5-2-3-6-13(12)14(11-18(22)23)19-17(21)9-8-15(20)16-7-4-10-24-16/h2-7,10,14H,8-9,11H2,1H3,(H,19,21)(H,22,23). The number of carbonyl (C=O) groups excluding carboxylic acids is 2. The van der Waals surface area contributed by atoms with Gasteiger partial charge in [-0.25, -0.2) is 0 Å². The van der Waals surface area contributed by atoms with Gasteiger partial charge in [0, 0.05) is 12.8 Å². The zero-order valence-corrected chi connectivity index (χ0v) is 14.1. The third kappa shape index (κ3) is 5.03. The van der Waals surface area contributed by atoms with Gasteiger partial charge in [0.15, 0.2) is 5.78 Å². The predicted octanol–water partition coefficient (Wildman–Crippen LogP) is 3.35. The lowest BCUT2D eigenvalue weighted by atomic mass is 9.98. The minimum atomic E-state index is -0.988. The van der Waals surface area contributed by atoms with Crippen molar-refractivity contribution in [2.45, 2.75) is 32.2 Å². The maximum absolute atomic E-state index is 12.1. The highest BCUT2D eigenvalue weighted by Gasteiger charge is 2.20. The molecule has 5 nitrogen and oxygen atoms in total. The normalized spacial score (nSPS) is 11.7. The number of carboxylic acids is 1. The summed E-state index contributed by atoms with van der Waals surface area (Å²) in [6.07, 6.45) is -0.0475. The van der Waals surface area contributed by atoms with Crippen molar-refractivity contribution in [2.24, 2.45) is 0 Å². The fraction of sp³-hybridized carbons (Fsp3) is 0.278.